The Bertz CT molecular complexity index is 521. The van der Waals surface area contributed by atoms with Crippen LogP contribution in [0.2, 0.25) is 5.02 Å². The summed E-state index contributed by atoms with van der Waals surface area (Å²) in [6.45, 7) is 0. The lowest BCUT2D eigenvalue weighted by atomic mass is 10.1. The Morgan fingerprint density at radius 3 is 2.81 bits per heavy atom. The van der Waals surface area contributed by atoms with Gasteiger partial charge in [-0.2, -0.15) is 0 Å². The summed E-state index contributed by atoms with van der Waals surface area (Å²) in [7, 11) is 0. The molecule has 0 aliphatic rings. The molecule has 0 radical (unpaired) electrons. The molecule has 1 aromatic heterocycles. The summed E-state index contributed by atoms with van der Waals surface area (Å²) in [6.07, 6.45) is 1.22. The van der Waals surface area contributed by atoms with Crippen LogP contribution in [-0.2, 0) is 11.2 Å². The molecule has 2 aromatic rings. The number of hydrogen-bond donors (Lipinski definition) is 1. The lowest BCUT2D eigenvalue weighted by Crippen LogP contribution is -2.01. The van der Waals surface area contributed by atoms with Gasteiger partial charge < -0.3 is 9.63 Å². The van der Waals surface area contributed by atoms with E-state index in [-0.39, 0.29) is 6.42 Å². The van der Waals surface area contributed by atoms with Crippen molar-refractivity contribution in [3.8, 4) is 11.1 Å². The molecule has 4 nitrogen and oxygen atoms in total. The van der Waals surface area contributed by atoms with Crippen molar-refractivity contribution in [2.24, 2.45) is 0 Å². The van der Waals surface area contributed by atoms with E-state index in [9.17, 15) is 4.79 Å². The summed E-state index contributed by atoms with van der Waals surface area (Å²) in [6, 6.07) is 7.14. The first-order chi connectivity index (χ1) is 7.68. The van der Waals surface area contributed by atoms with Crippen molar-refractivity contribution in [1.82, 2.24) is 5.16 Å². The molecule has 0 unspecified atom stereocenters. The third kappa shape index (κ3) is 2.06. The maximum absolute atomic E-state index is 10.6. The van der Waals surface area contributed by atoms with E-state index in [2.05, 4.69) is 5.16 Å². The summed E-state index contributed by atoms with van der Waals surface area (Å²) < 4.78 is 4.78. The van der Waals surface area contributed by atoms with Crippen LogP contribution in [0.4, 0.5) is 0 Å². The minimum absolute atomic E-state index is 0.183. The normalized spacial score (nSPS) is 10.3. The van der Waals surface area contributed by atoms with Crippen LogP contribution in [0.3, 0.4) is 0 Å². The molecule has 0 bridgehead atoms. The van der Waals surface area contributed by atoms with Gasteiger partial charge in [-0.15, -0.1) is 0 Å². The topological polar surface area (TPSA) is 63.3 Å². The van der Waals surface area contributed by atoms with Gasteiger partial charge in [0.2, 0.25) is 0 Å². The third-order valence-corrected chi connectivity index (χ3v) is 2.46. The average molecular weight is 238 g/mol. The van der Waals surface area contributed by atoms with Gasteiger partial charge in [0.1, 0.15) is 12.0 Å². The highest BCUT2D eigenvalue weighted by molar-refractivity contribution is 6.33. The first-order valence-electron chi connectivity index (χ1n) is 4.58. The molecule has 0 amide bonds. The SMILES string of the molecule is O=C(O)Cc1nocc1-c1ccccc1Cl. The number of carboxylic acids is 1. The average Bonchev–Trinajstić information content (AvgIpc) is 2.66. The molecule has 5 heteroatoms. The number of benzene rings is 1. The maximum atomic E-state index is 10.6. The van der Waals surface area contributed by atoms with E-state index in [1.165, 1.54) is 6.26 Å². The van der Waals surface area contributed by atoms with Gasteiger partial charge in [0.15, 0.2) is 0 Å². The molecule has 0 spiro atoms. The summed E-state index contributed by atoms with van der Waals surface area (Å²) in [5.74, 6) is -0.956. The molecule has 1 heterocycles. The van der Waals surface area contributed by atoms with Crippen molar-refractivity contribution >= 4 is 17.6 Å². The van der Waals surface area contributed by atoms with Crippen molar-refractivity contribution in [2.75, 3.05) is 0 Å². The van der Waals surface area contributed by atoms with Gasteiger partial charge in [0.25, 0.3) is 0 Å². The Morgan fingerprint density at radius 2 is 2.12 bits per heavy atom. The molecule has 0 aliphatic heterocycles. The predicted octanol–water partition coefficient (Wildman–Crippen LogP) is 2.62. The Labute approximate surface area is 96.4 Å². The van der Waals surface area contributed by atoms with Gasteiger partial charge >= 0.3 is 5.97 Å². The van der Waals surface area contributed by atoms with Crippen LogP contribution < -0.4 is 0 Å². The lowest BCUT2D eigenvalue weighted by Gasteiger charge is -2.01. The number of hydrogen-bond acceptors (Lipinski definition) is 3. The number of aliphatic carboxylic acids is 1. The minimum atomic E-state index is -0.956. The summed E-state index contributed by atoms with van der Waals surface area (Å²) in [4.78, 5) is 10.6. The molecule has 82 valence electrons. The highest BCUT2D eigenvalue weighted by atomic mass is 35.5. The number of rotatable bonds is 3. The molecular formula is C11H8ClNO3. The predicted molar refractivity (Wildman–Crippen MR) is 58.3 cm³/mol. The molecule has 1 N–H and O–H groups in total. The van der Waals surface area contributed by atoms with Crippen LogP contribution in [0.25, 0.3) is 11.1 Å². The van der Waals surface area contributed by atoms with Crippen LogP contribution in [0, 0.1) is 0 Å². The number of carboxylic acid groups (broad SMARTS) is 1. The molecule has 0 saturated heterocycles. The molecule has 2 rings (SSSR count). The fraction of sp³-hybridized carbons (Fsp3) is 0.0909. The Hall–Kier alpha value is -1.81. The van der Waals surface area contributed by atoms with E-state index < -0.39 is 5.97 Å². The van der Waals surface area contributed by atoms with E-state index in [1.54, 1.807) is 18.2 Å². The lowest BCUT2D eigenvalue weighted by molar-refractivity contribution is -0.136. The maximum Gasteiger partial charge on any atom is 0.309 e. The number of halogens is 1. The van der Waals surface area contributed by atoms with Crippen molar-refractivity contribution in [2.45, 2.75) is 6.42 Å². The number of aromatic nitrogens is 1. The smallest absolute Gasteiger partial charge is 0.309 e. The van der Waals surface area contributed by atoms with Gasteiger partial charge in [-0.1, -0.05) is 35.0 Å². The second-order valence-corrected chi connectivity index (χ2v) is 3.63. The second-order valence-electron chi connectivity index (χ2n) is 3.23. The van der Waals surface area contributed by atoms with Gasteiger partial charge in [-0.25, -0.2) is 0 Å². The Balaban J connectivity index is 2.45. The highest BCUT2D eigenvalue weighted by Gasteiger charge is 2.14. The van der Waals surface area contributed by atoms with E-state index in [1.807, 2.05) is 6.07 Å². The minimum Gasteiger partial charge on any atom is -0.481 e. The standard InChI is InChI=1S/C11H8ClNO3/c12-9-4-2-1-3-7(9)8-6-16-13-10(8)5-11(14)15/h1-4,6H,5H2,(H,14,15). The number of carbonyl (C=O) groups is 1. The van der Waals surface area contributed by atoms with E-state index in [4.69, 9.17) is 21.2 Å². The van der Waals surface area contributed by atoms with Crippen LogP contribution in [0.1, 0.15) is 5.69 Å². The van der Waals surface area contributed by atoms with Gasteiger partial charge in [0.05, 0.1) is 6.42 Å². The zero-order chi connectivity index (χ0) is 11.5. The summed E-state index contributed by atoms with van der Waals surface area (Å²) >= 11 is 6.01. The summed E-state index contributed by atoms with van der Waals surface area (Å²) in [5, 5.41) is 12.9. The van der Waals surface area contributed by atoms with Gasteiger partial charge in [0, 0.05) is 16.1 Å². The quantitative estimate of drug-likeness (QED) is 0.891. The van der Waals surface area contributed by atoms with Crippen molar-refractivity contribution in [3.63, 3.8) is 0 Å². The molecule has 0 saturated carbocycles. The van der Waals surface area contributed by atoms with Crippen molar-refractivity contribution < 1.29 is 14.4 Å². The van der Waals surface area contributed by atoms with Crippen LogP contribution >= 0.6 is 11.6 Å². The zero-order valence-electron chi connectivity index (χ0n) is 8.18. The Kier molecular flexibility index (Phi) is 2.92. The van der Waals surface area contributed by atoms with Crippen molar-refractivity contribution in [1.29, 1.82) is 0 Å². The van der Waals surface area contributed by atoms with E-state index in [0.717, 1.165) is 5.56 Å². The second kappa shape index (κ2) is 4.37. The molecule has 1 aromatic carbocycles. The first kappa shape index (κ1) is 10.7. The van der Waals surface area contributed by atoms with E-state index in [0.29, 0.717) is 16.3 Å². The van der Waals surface area contributed by atoms with Crippen molar-refractivity contribution in [3.05, 3.63) is 41.2 Å². The van der Waals surface area contributed by atoms with Crippen LogP contribution in [-0.4, -0.2) is 16.2 Å². The fourth-order valence-electron chi connectivity index (χ4n) is 1.43. The number of nitrogens with zero attached hydrogens (tertiary/aromatic N) is 1. The summed E-state index contributed by atoms with van der Waals surface area (Å²) in [5.41, 5.74) is 1.72. The third-order valence-electron chi connectivity index (χ3n) is 2.13. The van der Waals surface area contributed by atoms with Gasteiger partial charge in [-0.05, 0) is 6.07 Å². The fourth-order valence-corrected chi connectivity index (χ4v) is 1.67. The van der Waals surface area contributed by atoms with Gasteiger partial charge in [-0.3, -0.25) is 4.79 Å². The Morgan fingerprint density at radius 1 is 1.38 bits per heavy atom. The monoisotopic (exact) mass is 237 g/mol. The molecular weight excluding hydrogens is 230 g/mol. The zero-order valence-corrected chi connectivity index (χ0v) is 8.94. The molecule has 16 heavy (non-hydrogen) atoms. The molecule has 0 atom stereocenters. The van der Waals surface area contributed by atoms with Crippen LogP contribution in [0.5, 0.6) is 0 Å². The highest BCUT2D eigenvalue weighted by Crippen LogP contribution is 2.29. The van der Waals surface area contributed by atoms with E-state index >= 15 is 0 Å². The largest absolute Gasteiger partial charge is 0.481 e. The molecule has 0 aliphatic carbocycles. The van der Waals surface area contributed by atoms with Crippen LogP contribution in [0.15, 0.2) is 35.1 Å². The first-order valence-corrected chi connectivity index (χ1v) is 4.96. The molecule has 0 fully saturated rings.